The van der Waals surface area contributed by atoms with Crippen LogP contribution in [0.4, 0.5) is 0 Å². The van der Waals surface area contributed by atoms with Gasteiger partial charge in [0, 0.05) is 32.9 Å². The average Bonchev–Trinajstić information content (AvgIpc) is 2.46. The number of carbonyl (C=O) groups excluding carboxylic acids is 2. The minimum Gasteiger partial charge on any atom is -0.294 e. The Hall–Kier alpha value is -1.26. The second-order valence-corrected chi connectivity index (χ2v) is 6.19. The Morgan fingerprint density at radius 2 is 0.950 bits per heavy atom. The predicted octanol–water partition coefficient (Wildman–Crippen LogP) is 5.06. The highest BCUT2D eigenvalue weighted by Gasteiger charge is 2.11. The number of benzene rings is 2. The Balaban J connectivity index is 1.94. The number of hydrogen-bond acceptors (Lipinski definition) is 2. The Kier molecular flexibility index (Phi) is 5.26. The fourth-order valence-corrected chi connectivity index (χ4v) is 2.32. The van der Waals surface area contributed by atoms with Crippen LogP contribution in [0.3, 0.4) is 0 Å². The molecule has 4 heteroatoms. The summed E-state index contributed by atoms with van der Waals surface area (Å²) in [6.07, 6.45) is 0.465. The van der Waals surface area contributed by atoms with E-state index < -0.39 is 0 Å². The second kappa shape index (κ2) is 6.95. The molecule has 0 aromatic heterocycles. The number of carbonyl (C=O) groups is 2. The smallest absolute Gasteiger partial charge is 0.163 e. The first-order chi connectivity index (χ1) is 9.56. The molecule has 0 saturated heterocycles. The minimum atomic E-state index is -0.0111. The minimum absolute atomic E-state index is 0.0111. The summed E-state index contributed by atoms with van der Waals surface area (Å²) in [5.74, 6) is -0.0223. The monoisotopic (exact) mass is 394 g/mol. The lowest BCUT2D eigenvalue weighted by Crippen LogP contribution is -2.05. The van der Waals surface area contributed by atoms with Gasteiger partial charge < -0.3 is 0 Å². The van der Waals surface area contributed by atoms with Gasteiger partial charge in [0.15, 0.2) is 11.6 Å². The predicted molar refractivity (Wildman–Crippen MR) is 86.2 cm³/mol. The third-order valence-corrected chi connectivity index (χ3v) is 3.97. The highest BCUT2D eigenvalue weighted by atomic mass is 79.9. The van der Waals surface area contributed by atoms with E-state index in [-0.39, 0.29) is 24.4 Å². The van der Waals surface area contributed by atoms with Crippen molar-refractivity contribution < 1.29 is 9.59 Å². The molecule has 0 aliphatic carbocycles. The van der Waals surface area contributed by atoms with Gasteiger partial charge in [0.2, 0.25) is 0 Å². The van der Waals surface area contributed by atoms with E-state index in [0.717, 1.165) is 8.95 Å². The molecule has 0 atom stereocenters. The van der Waals surface area contributed by atoms with Gasteiger partial charge >= 0.3 is 0 Å². The number of hydrogen-bond donors (Lipinski definition) is 0. The quantitative estimate of drug-likeness (QED) is 0.663. The number of Topliss-reactive ketones (excluding diaryl/α,β-unsaturated/α-hetero) is 2. The number of ketones is 2. The highest BCUT2D eigenvalue weighted by Crippen LogP contribution is 2.15. The molecule has 0 fully saturated rings. The molecule has 20 heavy (non-hydrogen) atoms. The van der Waals surface area contributed by atoms with Crippen LogP contribution < -0.4 is 0 Å². The first kappa shape index (κ1) is 15.1. The van der Waals surface area contributed by atoms with Crippen molar-refractivity contribution in [2.24, 2.45) is 0 Å². The van der Waals surface area contributed by atoms with Crippen molar-refractivity contribution in [3.05, 3.63) is 68.6 Å². The van der Waals surface area contributed by atoms with E-state index in [2.05, 4.69) is 31.9 Å². The van der Waals surface area contributed by atoms with E-state index >= 15 is 0 Å². The van der Waals surface area contributed by atoms with Gasteiger partial charge in [-0.15, -0.1) is 0 Å². The summed E-state index contributed by atoms with van der Waals surface area (Å²) in [4.78, 5) is 23.9. The summed E-state index contributed by atoms with van der Waals surface area (Å²) >= 11 is 6.65. The standard InChI is InChI=1S/C16H12Br2O2/c17-13-5-1-11(2-6-13)15(19)9-10-16(20)12-3-7-14(18)8-4-12/h1-8H,9-10H2. The van der Waals surface area contributed by atoms with Crippen molar-refractivity contribution in [2.45, 2.75) is 12.8 Å². The molecule has 0 radical (unpaired) electrons. The van der Waals surface area contributed by atoms with E-state index in [1.807, 2.05) is 24.3 Å². The zero-order chi connectivity index (χ0) is 14.5. The largest absolute Gasteiger partial charge is 0.294 e. The fourth-order valence-electron chi connectivity index (χ4n) is 1.79. The zero-order valence-corrected chi connectivity index (χ0v) is 13.8. The third kappa shape index (κ3) is 4.12. The molecule has 0 amide bonds. The molecule has 0 spiro atoms. The molecular formula is C16H12Br2O2. The Morgan fingerprint density at radius 3 is 1.25 bits per heavy atom. The van der Waals surface area contributed by atoms with Crippen LogP contribution in [0.1, 0.15) is 33.6 Å². The first-order valence-corrected chi connectivity index (χ1v) is 7.72. The van der Waals surface area contributed by atoms with E-state index in [4.69, 9.17) is 0 Å². The Bertz CT molecular complexity index is 558. The molecule has 0 N–H and O–H groups in total. The van der Waals surface area contributed by atoms with Crippen LogP contribution >= 0.6 is 31.9 Å². The molecular weight excluding hydrogens is 384 g/mol. The molecule has 2 nitrogen and oxygen atoms in total. The molecule has 0 unspecified atom stereocenters. The van der Waals surface area contributed by atoms with Gasteiger partial charge in [0.25, 0.3) is 0 Å². The van der Waals surface area contributed by atoms with E-state index in [1.54, 1.807) is 24.3 Å². The summed E-state index contributed by atoms with van der Waals surface area (Å²) in [5.41, 5.74) is 1.27. The summed E-state index contributed by atoms with van der Waals surface area (Å²) < 4.78 is 1.86. The van der Waals surface area contributed by atoms with Gasteiger partial charge in [-0.3, -0.25) is 9.59 Å². The van der Waals surface area contributed by atoms with Gasteiger partial charge in [0.1, 0.15) is 0 Å². The first-order valence-electron chi connectivity index (χ1n) is 6.14. The lowest BCUT2D eigenvalue weighted by atomic mass is 10.0. The zero-order valence-electron chi connectivity index (χ0n) is 10.6. The Morgan fingerprint density at radius 1 is 0.650 bits per heavy atom. The second-order valence-electron chi connectivity index (χ2n) is 4.36. The van der Waals surface area contributed by atoms with Crippen LogP contribution in [0.15, 0.2) is 57.5 Å². The van der Waals surface area contributed by atoms with Crippen LogP contribution in [-0.2, 0) is 0 Å². The van der Waals surface area contributed by atoms with Gasteiger partial charge in [-0.1, -0.05) is 56.1 Å². The van der Waals surface area contributed by atoms with Gasteiger partial charge in [-0.2, -0.15) is 0 Å². The van der Waals surface area contributed by atoms with Gasteiger partial charge in [-0.25, -0.2) is 0 Å². The van der Waals surface area contributed by atoms with Crippen molar-refractivity contribution in [1.82, 2.24) is 0 Å². The van der Waals surface area contributed by atoms with Gasteiger partial charge in [0.05, 0.1) is 0 Å². The SMILES string of the molecule is O=C(CCC(=O)c1ccc(Br)cc1)c1ccc(Br)cc1. The van der Waals surface area contributed by atoms with Crippen LogP contribution in [0.2, 0.25) is 0 Å². The molecule has 0 aliphatic heterocycles. The van der Waals surface area contributed by atoms with Crippen LogP contribution in [0, 0.1) is 0 Å². The van der Waals surface area contributed by atoms with Crippen LogP contribution in [-0.4, -0.2) is 11.6 Å². The third-order valence-electron chi connectivity index (χ3n) is 2.91. The molecule has 0 saturated carbocycles. The lowest BCUT2D eigenvalue weighted by molar-refractivity contribution is 0.0917. The molecule has 0 aliphatic rings. The fraction of sp³-hybridized carbons (Fsp3) is 0.125. The van der Waals surface area contributed by atoms with Crippen molar-refractivity contribution >= 4 is 43.4 Å². The number of halogens is 2. The van der Waals surface area contributed by atoms with Crippen molar-refractivity contribution in [3.8, 4) is 0 Å². The summed E-state index contributed by atoms with van der Waals surface area (Å²) in [5, 5.41) is 0. The topological polar surface area (TPSA) is 34.1 Å². The van der Waals surface area contributed by atoms with Crippen molar-refractivity contribution in [2.75, 3.05) is 0 Å². The van der Waals surface area contributed by atoms with Gasteiger partial charge in [-0.05, 0) is 24.3 Å². The average molecular weight is 396 g/mol. The van der Waals surface area contributed by atoms with Crippen molar-refractivity contribution in [1.29, 1.82) is 0 Å². The van der Waals surface area contributed by atoms with Crippen LogP contribution in [0.25, 0.3) is 0 Å². The summed E-state index contributed by atoms with van der Waals surface area (Å²) in [6.45, 7) is 0. The normalized spacial score (nSPS) is 10.3. The van der Waals surface area contributed by atoms with Crippen molar-refractivity contribution in [3.63, 3.8) is 0 Å². The highest BCUT2D eigenvalue weighted by molar-refractivity contribution is 9.10. The summed E-state index contributed by atoms with van der Waals surface area (Å²) in [6, 6.07) is 14.3. The molecule has 2 aromatic rings. The summed E-state index contributed by atoms with van der Waals surface area (Å²) in [7, 11) is 0. The maximum absolute atomic E-state index is 12.0. The molecule has 2 aromatic carbocycles. The van der Waals surface area contributed by atoms with E-state index in [1.165, 1.54) is 0 Å². The van der Waals surface area contributed by atoms with Crippen LogP contribution in [0.5, 0.6) is 0 Å². The molecule has 0 bridgehead atoms. The molecule has 2 rings (SSSR count). The molecule has 102 valence electrons. The van der Waals surface area contributed by atoms with E-state index in [9.17, 15) is 9.59 Å². The van der Waals surface area contributed by atoms with E-state index in [0.29, 0.717) is 11.1 Å². The number of rotatable bonds is 5. The maximum Gasteiger partial charge on any atom is 0.163 e. The lowest BCUT2D eigenvalue weighted by Gasteiger charge is -2.02. The Labute approximate surface area is 134 Å². The maximum atomic E-state index is 12.0. The molecule has 0 heterocycles.